The first-order valence-electron chi connectivity index (χ1n) is 3.49. The number of halogens is 7. The number of nitriles is 2. The summed E-state index contributed by atoms with van der Waals surface area (Å²) < 4.78 is 84.8. The Kier molecular flexibility index (Phi) is 6.22. The number of hydrogen-bond acceptors (Lipinski definition) is 3. The summed E-state index contributed by atoms with van der Waals surface area (Å²) in [6.45, 7) is 0. The molecule has 96 valence electrons. The van der Waals surface area contributed by atoms with E-state index in [1.807, 2.05) is 0 Å². The molecule has 0 rings (SSSR count). The van der Waals surface area contributed by atoms with Gasteiger partial charge in [-0.1, -0.05) is 0 Å². The summed E-state index contributed by atoms with van der Waals surface area (Å²) in [4.78, 5) is 0. The van der Waals surface area contributed by atoms with Gasteiger partial charge in [0.15, 0.2) is 11.3 Å². The van der Waals surface area contributed by atoms with Crippen LogP contribution in [0.4, 0.5) is 30.7 Å². The van der Waals surface area contributed by atoms with Gasteiger partial charge in [-0.15, -0.1) is 0 Å². The van der Waals surface area contributed by atoms with Gasteiger partial charge in [0.05, 0.1) is 0 Å². The Morgan fingerprint density at radius 1 is 0.889 bits per heavy atom. The van der Waals surface area contributed by atoms with Crippen molar-refractivity contribution >= 4 is 29.6 Å². The van der Waals surface area contributed by atoms with Crippen LogP contribution in [0, 0.1) is 22.7 Å². The van der Waals surface area contributed by atoms with E-state index in [0.29, 0.717) is 12.1 Å². The van der Waals surface area contributed by atoms with Gasteiger partial charge in [-0.3, -0.25) is 0 Å². The summed E-state index contributed by atoms with van der Waals surface area (Å²) in [7, 11) is 0. The number of aliphatic hydroxyl groups is 1. The zero-order chi connectivity index (χ0) is 14.1. The molecule has 0 radical (unpaired) electrons. The third kappa shape index (κ3) is 3.07. The molecule has 0 aliphatic heterocycles. The second kappa shape index (κ2) is 5.78. The van der Waals surface area contributed by atoms with E-state index >= 15 is 0 Å². The molecule has 3 nitrogen and oxygen atoms in total. The van der Waals surface area contributed by atoms with Crippen LogP contribution in [-0.4, -0.2) is 52.7 Å². The van der Waals surface area contributed by atoms with Crippen molar-refractivity contribution in [3.63, 3.8) is 0 Å². The summed E-state index contributed by atoms with van der Waals surface area (Å²) in [5.41, 5.74) is -1.93. The van der Waals surface area contributed by atoms with Crippen molar-refractivity contribution in [2.45, 2.75) is 18.0 Å². The molecule has 0 aliphatic carbocycles. The molecule has 0 heterocycles. The van der Waals surface area contributed by atoms with E-state index in [1.165, 1.54) is 0 Å². The summed E-state index contributed by atoms with van der Waals surface area (Å²) >= 11 is 0. The molecule has 0 aliphatic rings. The Labute approximate surface area is 117 Å². The molecule has 0 aromatic rings. The molecular weight excluding hydrogens is 284 g/mol. The number of alkyl halides is 7. The van der Waals surface area contributed by atoms with Crippen LogP contribution in [-0.2, 0) is 0 Å². The van der Waals surface area contributed by atoms with Crippen LogP contribution in [0.25, 0.3) is 0 Å². The summed E-state index contributed by atoms with van der Waals surface area (Å²) in [5.74, 6) is -15.6. The molecule has 0 saturated heterocycles. The van der Waals surface area contributed by atoms with Gasteiger partial charge in [0.25, 0.3) is 0 Å². The molecule has 18 heavy (non-hydrogen) atoms. The van der Waals surface area contributed by atoms with Crippen LogP contribution >= 0.6 is 0 Å². The van der Waals surface area contributed by atoms with Crippen LogP contribution in [0.1, 0.15) is 0 Å². The Morgan fingerprint density at radius 2 is 1.22 bits per heavy atom. The van der Waals surface area contributed by atoms with E-state index in [1.54, 1.807) is 0 Å². The van der Waals surface area contributed by atoms with E-state index in [4.69, 9.17) is 15.6 Å². The first-order chi connectivity index (χ1) is 7.43. The number of allylic oxidation sites excluding steroid dienone is 2. The van der Waals surface area contributed by atoms with E-state index in [-0.39, 0.29) is 29.6 Å². The van der Waals surface area contributed by atoms with Crippen molar-refractivity contribution in [2.24, 2.45) is 0 Å². The minimum absolute atomic E-state index is 0. The van der Waals surface area contributed by atoms with Crippen molar-refractivity contribution in [2.75, 3.05) is 0 Å². The van der Waals surface area contributed by atoms with E-state index in [2.05, 4.69) is 0 Å². The Morgan fingerprint density at radius 3 is 1.44 bits per heavy atom. The standard InChI is InChI=1S/C7HF7N2O.Na.H/c8-5(9,4(17)3(1-15)2-16)6(10,11)7(12,13)14;;/h17H;;. The minimum atomic E-state index is -6.65. The van der Waals surface area contributed by atoms with Gasteiger partial charge >= 0.3 is 47.6 Å². The van der Waals surface area contributed by atoms with Crippen molar-refractivity contribution in [1.82, 2.24) is 0 Å². The quantitative estimate of drug-likeness (QED) is 0.365. The SMILES string of the molecule is N#CC(C#N)=C(O)C(F)(F)C(F)(F)C(F)(F)F.[NaH]. The molecule has 0 unspecified atom stereocenters. The molecule has 0 aromatic carbocycles. The van der Waals surface area contributed by atoms with Gasteiger partial charge in [0, 0.05) is 0 Å². The topological polar surface area (TPSA) is 67.8 Å². The first kappa shape index (κ1) is 19.4. The van der Waals surface area contributed by atoms with Crippen LogP contribution in [0.3, 0.4) is 0 Å². The Balaban J connectivity index is 0. The predicted octanol–water partition coefficient (Wildman–Crippen LogP) is 2.03. The average molecular weight is 286 g/mol. The molecule has 0 fully saturated rings. The third-order valence-corrected chi connectivity index (χ3v) is 1.51. The van der Waals surface area contributed by atoms with Crippen molar-refractivity contribution in [3.05, 3.63) is 11.3 Å². The van der Waals surface area contributed by atoms with Crippen LogP contribution in [0.5, 0.6) is 0 Å². The molecule has 1 N–H and O–H groups in total. The molecule has 0 amide bonds. The molecule has 0 saturated carbocycles. The van der Waals surface area contributed by atoms with Gasteiger partial charge < -0.3 is 5.11 Å². The fourth-order valence-corrected chi connectivity index (χ4v) is 0.615. The first-order valence-corrected chi connectivity index (χ1v) is 3.49. The average Bonchev–Trinajstić information content (AvgIpc) is 2.17. The monoisotopic (exact) mass is 286 g/mol. The maximum atomic E-state index is 12.6. The van der Waals surface area contributed by atoms with E-state index in [9.17, 15) is 30.7 Å². The number of aliphatic hydroxyl groups excluding tert-OH is 1. The van der Waals surface area contributed by atoms with Crippen molar-refractivity contribution in [3.8, 4) is 12.1 Å². The van der Waals surface area contributed by atoms with E-state index in [0.717, 1.165) is 0 Å². The van der Waals surface area contributed by atoms with Crippen LogP contribution < -0.4 is 0 Å². The fourth-order valence-electron chi connectivity index (χ4n) is 0.615. The molecular formula is C7H2F7N2NaO. The normalized spacial score (nSPS) is 11.8. The molecule has 0 bridgehead atoms. The van der Waals surface area contributed by atoms with Crippen molar-refractivity contribution < 1.29 is 35.8 Å². The van der Waals surface area contributed by atoms with Gasteiger partial charge in [0.2, 0.25) is 0 Å². The van der Waals surface area contributed by atoms with Gasteiger partial charge in [-0.25, -0.2) is 0 Å². The maximum absolute atomic E-state index is 12.6. The zero-order valence-electron chi connectivity index (χ0n) is 7.49. The molecule has 11 heteroatoms. The van der Waals surface area contributed by atoms with Gasteiger partial charge in [-0.05, 0) is 0 Å². The second-order valence-corrected chi connectivity index (χ2v) is 2.59. The van der Waals surface area contributed by atoms with Crippen molar-refractivity contribution in [1.29, 1.82) is 10.5 Å². The zero-order valence-corrected chi connectivity index (χ0v) is 7.49. The summed E-state index contributed by atoms with van der Waals surface area (Å²) in [6.07, 6.45) is -6.65. The number of nitrogens with zero attached hydrogens (tertiary/aromatic N) is 2. The fraction of sp³-hybridized carbons (Fsp3) is 0.429. The molecule has 0 aromatic heterocycles. The second-order valence-electron chi connectivity index (χ2n) is 2.59. The summed E-state index contributed by atoms with van der Waals surface area (Å²) in [5, 5.41) is 24.4. The third-order valence-electron chi connectivity index (χ3n) is 1.51. The predicted molar refractivity (Wildman–Crippen MR) is 44.0 cm³/mol. The van der Waals surface area contributed by atoms with Gasteiger partial charge in [-0.2, -0.15) is 41.3 Å². The molecule has 0 spiro atoms. The van der Waals surface area contributed by atoms with Crippen LogP contribution in [0.2, 0.25) is 0 Å². The Hall–Kier alpha value is -0.970. The van der Waals surface area contributed by atoms with Crippen LogP contribution in [0.15, 0.2) is 11.3 Å². The summed E-state index contributed by atoms with van der Waals surface area (Å²) in [6, 6.07) is 1.14. The van der Waals surface area contributed by atoms with E-state index < -0.39 is 29.4 Å². The van der Waals surface area contributed by atoms with Gasteiger partial charge in [0.1, 0.15) is 12.1 Å². The number of hydrogen-bond donors (Lipinski definition) is 1. The Bertz CT molecular complexity index is 413. The molecule has 0 atom stereocenters. The number of rotatable bonds is 2.